The topological polar surface area (TPSA) is 115 Å². The van der Waals surface area contributed by atoms with E-state index >= 15 is 0 Å². The zero-order valence-electron chi connectivity index (χ0n) is 21.4. The van der Waals surface area contributed by atoms with Gasteiger partial charge in [-0.2, -0.15) is 0 Å². The van der Waals surface area contributed by atoms with E-state index in [4.69, 9.17) is 20.7 Å². The van der Waals surface area contributed by atoms with Crippen molar-refractivity contribution in [1.29, 1.82) is 0 Å². The predicted octanol–water partition coefficient (Wildman–Crippen LogP) is 5.66. The Morgan fingerprint density at radius 3 is 2.50 bits per heavy atom. The molecule has 6 rings (SSSR count). The van der Waals surface area contributed by atoms with Crippen LogP contribution in [0.4, 0.5) is 15.8 Å². The van der Waals surface area contributed by atoms with Crippen LogP contribution in [-0.2, 0) is 15.9 Å². The highest BCUT2D eigenvalue weighted by molar-refractivity contribution is 7.81. The SMILES string of the molecule is CNC(=O)c1c(-c2ccc(F)cc2)oc2cc(N(c3ccc(C4COB(O)C4)c(Cl)c3)S(=O)[O-])c(C3CC3)cc12. The highest BCUT2D eigenvalue weighted by Gasteiger charge is 2.33. The molecular formula is C28H24BClFN2O6S-. The fourth-order valence-corrected chi connectivity index (χ4v) is 6.24. The zero-order valence-corrected chi connectivity index (χ0v) is 22.9. The third-order valence-corrected chi connectivity index (χ3v) is 8.45. The van der Waals surface area contributed by atoms with E-state index in [2.05, 4.69) is 5.32 Å². The molecule has 8 nitrogen and oxygen atoms in total. The van der Waals surface area contributed by atoms with Crippen molar-refractivity contribution in [3.8, 4) is 11.3 Å². The summed E-state index contributed by atoms with van der Waals surface area (Å²) in [4.78, 5) is 13.0. The van der Waals surface area contributed by atoms with Crippen molar-refractivity contribution in [2.24, 2.45) is 0 Å². The fraction of sp³-hybridized carbons (Fsp3) is 0.250. The van der Waals surface area contributed by atoms with Gasteiger partial charge in [-0.1, -0.05) is 17.7 Å². The number of benzene rings is 3. The molecule has 4 aromatic rings. The molecule has 2 heterocycles. The van der Waals surface area contributed by atoms with Gasteiger partial charge in [0.05, 0.1) is 28.2 Å². The predicted molar refractivity (Wildman–Crippen MR) is 151 cm³/mol. The lowest BCUT2D eigenvalue weighted by atomic mass is 9.79. The zero-order chi connectivity index (χ0) is 28.1. The highest BCUT2D eigenvalue weighted by atomic mass is 35.5. The lowest BCUT2D eigenvalue weighted by Gasteiger charge is -2.29. The van der Waals surface area contributed by atoms with Crippen LogP contribution < -0.4 is 9.62 Å². The largest absolute Gasteiger partial charge is 0.755 e. The first-order valence-corrected chi connectivity index (χ1v) is 14.2. The molecule has 1 saturated carbocycles. The number of nitrogens with one attached hydrogen (secondary N) is 1. The number of amides is 1. The summed E-state index contributed by atoms with van der Waals surface area (Å²) in [7, 11) is 0.659. The van der Waals surface area contributed by atoms with E-state index in [1.54, 1.807) is 24.3 Å². The first-order valence-electron chi connectivity index (χ1n) is 12.8. The average Bonchev–Trinajstić information content (AvgIpc) is 3.58. The number of carbonyl (C=O) groups excluding carboxylic acids is 1. The molecule has 40 heavy (non-hydrogen) atoms. The lowest BCUT2D eigenvalue weighted by molar-refractivity contribution is 0.0964. The number of carbonyl (C=O) groups is 1. The van der Waals surface area contributed by atoms with Crippen molar-refractivity contribution in [3.63, 3.8) is 0 Å². The second-order valence-electron chi connectivity index (χ2n) is 10.0. The van der Waals surface area contributed by atoms with Gasteiger partial charge < -0.3 is 24.0 Å². The molecule has 206 valence electrons. The molecule has 1 amide bonds. The Labute approximate surface area is 237 Å². The smallest absolute Gasteiger partial charge is 0.454 e. The summed E-state index contributed by atoms with van der Waals surface area (Å²) in [5.41, 5.74) is 3.38. The van der Waals surface area contributed by atoms with Crippen LogP contribution in [0.3, 0.4) is 0 Å². The standard InChI is InChI=1S/C28H25BClFN2O6S/c1-32-28(34)26-22-11-21(15-2-3-15)24(12-25(22)39-27(26)16-4-6-18(31)7-5-16)33(40(36)37)19-8-9-20(23(30)10-19)17-13-29(35)38-14-17/h4-12,15,17,35H,2-3,13-14H2,1H3,(H,32,34)(H,36,37)/p-1. The van der Waals surface area contributed by atoms with Gasteiger partial charge in [0.25, 0.3) is 5.91 Å². The van der Waals surface area contributed by atoms with Crippen LogP contribution in [0, 0.1) is 5.82 Å². The van der Waals surface area contributed by atoms with Crippen LogP contribution in [0.2, 0.25) is 11.3 Å². The second-order valence-corrected chi connectivity index (χ2v) is 11.2. The van der Waals surface area contributed by atoms with E-state index in [-0.39, 0.29) is 23.5 Å². The number of anilines is 2. The van der Waals surface area contributed by atoms with Crippen molar-refractivity contribution in [2.45, 2.75) is 31.0 Å². The van der Waals surface area contributed by atoms with Gasteiger partial charge in [0.2, 0.25) is 0 Å². The summed E-state index contributed by atoms with van der Waals surface area (Å²) >= 11 is 3.88. The van der Waals surface area contributed by atoms with Gasteiger partial charge in [0.1, 0.15) is 17.2 Å². The van der Waals surface area contributed by atoms with Crippen LogP contribution in [0.5, 0.6) is 0 Å². The third-order valence-electron chi connectivity index (χ3n) is 7.42. The van der Waals surface area contributed by atoms with Crippen LogP contribution >= 0.6 is 11.6 Å². The summed E-state index contributed by atoms with van der Waals surface area (Å²) in [6.07, 6.45) is 2.15. The Hall–Kier alpha value is -3.22. The number of rotatable bonds is 7. The molecule has 2 N–H and O–H groups in total. The van der Waals surface area contributed by atoms with Crippen molar-refractivity contribution in [3.05, 3.63) is 82.1 Å². The van der Waals surface area contributed by atoms with Crippen molar-refractivity contribution in [2.75, 3.05) is 18.0 Å². The van der Waals surface area contributed by atoms with E-state index in [1.807, 2.05) is 6.07 Å². The lowest BCUT2D eigenvalue weighted by Crippen LogP contribution is -2.21. The van der Waals surface area contributed by atoms with Crippen LogP contribution in [0.1, 0.15) is 46.2 Å². The minimum absolute atomic E-state index is 0.0998. The van der Waals surface area contributed by atoms with Gasteiger partial charge in [-0.15, -0.1) is 0 Å². The first kappa shape index (κ1) is 27.0. The Bertz CT molecular complexity index is 1640. The van der Waals surface area contributed by atoms with Crippen molar-refractivity contribution < 1.29 is 32.0 Å². The Morgan fingerprint density at radius 2 is 1.90 bits per heavy atom. The number of halogens is 2. The van der Waals surface area contributed by atoms with E-state index in [1.165, 1.54) is 35.6 Å². The summed E-state index contributed by atoms with van der Waals surface area (Å²) in [6.45, 7) is 0.322. The van der Waals surface area contributed by atoms with Crippen molar-refractivity contribution in [1.82, 2.24) is 5.32 Å². The quantitative estimate of drug-likeness (QED) is 0.215. The summed E-state index contributed by atoms with van der Waals surface area (Å²) in [5, 5.41) is 13.3. The Kier molecular flexibility index (Phi) is 7.18. The number of furan rings is 1. The third kappa shape index (κ3) is 4.93. The molecular weight excluding hydrogens is 558 g/mol. The maximum atomic E-state index is 13.6. The van der Waals surface area contributed by atoms with E-state index in [0.29, 0.717) is 51.4 Å². The second kappa shape index (κ2) is 10.6. The molecule has 2 atom stereocenters. The number of fused-ring (bicyclic) bond motifs is 1. The van der Waals surface area contributed by atoms with Crippen LogP contribution in [-0.4, -0.2) is 40.5 Å². The summed E-state index contributed by atoms with van der Waals surface area (Å²) in [5.74, 6) is -0.526. The Morgan fingerprint density at radius 1 is 1.15 bits per heavy atom. The van der Waals surface area contributed by atoms with Crippen LogP contribution in [0.15, 0.2) is 59.0 Å². The normalized spacial score (nSPS) is 17.8. The minimum Gasteiger partial charge on any atom is -0.755 e. The number of hydrogen-bond donors (Lipinski definition) is 2. The van der Waals surface area contributed by atoms with E-state index < -0.39 is 24.2 Å². The van der Waals surface area contributed by atoms with Gasteiger partial charge >= 0.3 is 7.12 Å². The van der Waals surface area contributed by atoms with E-state index in [9.17, 15) is 23.0 Å². The van der Waals surface area contributed by atoms with Gasteiger partial charge in [0.15, 0.2) is 0 Å². The average molecular weight is 582 g/mol. The van der Waals surface area contributed by atoms with Gasteiger partial charge in [-0.3, -0.25) is 13.3 Å². The number of nitrogens with zero attached hydrogens (tertiary/aromatic N) is 1. The molecule has 1 aromatic heterocycles. The molecule has 1 aliphatic carbocycles. The van der Waals surface area contributed by atoms with Gasteiger partial charge in [-0.05, 0) is 78.7 Å². The molecule has 0 bridgehead atoms. The monoisotopic (exact) mass is 581 g/mol. The van der Waals surface area contributed by atoms with Gasteiger partial charge in [-0.25, -0.2) is 4.39 Å². The molecule has 1 aliphatic heterocycles. The molecule has 0 spiro atoms. The molecule has 2 fully saturated rings. The highest BCUT2D eigenvalue weighted by Crippen LogP contribution is 2.49. The molecule has 1 saturated heterocycles. The fourth-order valence-electron chi connectivity index (χ4n) is 5.30. The van der Waals surface area contributed by atoms with Crippen LogP contribution in [0.25, 0.3) is 22.3 Å². The minimum atomic E-state index is -2.72. The summed E-state index contributed by atoms with van der Waals surface area (Å²) in [6, 6.07) is 14.1. The number of hydrogen-bond acceptors (Lipinski definition) is 6. The molecule has 2 unspecified atom stereocenters. The maximum Gasteiger partial charge on any atom is 0.454 e. The molecule has 3 aromatic carbocycles. The van der Waals surface area contributed by atoms with Gasteiger partial charge in [0, 0.05) is 41.6 Å². The Balaban J connectivity index is 1.50. The summed E-state index contributed by atoms with van der Waals surface area (Å²) < 4.78 is 51.6. The molecule has 2 aliphatic rings. The molecule has 12 heteroatoms. The first-order chi connectivity index (χ1) is 19.2. The van der Waals surface area contributed by atoms with E-state index in [0.717, 1.165) is 24.0 Å². The molecule has 0 radical (unpaired) electrons. The maximum absolute atomic E-state index is 13.6. The van der Waals surface area contributed by atoms with Crippen molar-refractivity contribution >= 4 is 58.2 Å².